The number of azide groups is 1. The van der Waals surface area contributed by atoms with Crippen LogP contribution in [0.1, 0.15) is 18.9 Å². The highest BCUT2D eigenvalue weighted by molar-refractivity contribution is 5.29. The molecule has 6 heteroatoms. The van der Waals surface area contributed by atoms with Gasteiger partial charge in [-0.2, -0.15) is 5.26 Å². The molecule has 0 aliphatic heterocycles. The van der Waals surface area contributed by atoms with Crippen LogP contribution < -0.4 is 10.1 Å². The predicted octanol–water partition coefficient (Wildman–Crippen LogP) is 2.81. The lowest BCUT2D eigenvalue weighted by Gasteiger charge is -2.23. The van der Waals surface area contributed by atoms with Crippen molar-refractivity contribution >= 4 is 0 Å². The summed E-state index contributed by atoms with van der Waals surface area (Å²) in [6.45, 7) is 2.94. The third kappa shape index (κ3) is 5.19. The van der Waals surface area contributed by atoms with Crippen molar-refractivity contribution < 1.29 is 4.74 Å². The number of ether oxygens (including phenoxy) is 1. The topological polar surface area (TPSA) is 93.8 Å². The summed E-state index contributed by atoms with van der Waals surface area (Å²) >= 11 is 0. The predicted molar refractivity (Wildman–Crippen MR) is 77.3 cm³/mol. The lowest BCUT2D eigenvalue weighted by atomic mass is 9.94. The Hall–Kier alpha value is -2.22. The molecule has 0 aromatic heterocycles. The SMILES string of the molecule is COc1ccc(CC(C)(C#N)NCCCN=[N+]=[N-])cc1. The lowest BCUT2D eigenvalue weighted by Crippen LogP contribution is -2.43. The van der Waals surface area contributed by atoms with Gasteiger partial charge in [0, 0.05) is 17.9 Å². The first kappa shape index (κ1) is 15.8. The molecular formula is C14H19N5O. The van der Waals surface area contributed by atoms with Gasteiger partial charge in [0.05, 0.1) is 13.2 Å². The summed E-state index contributed by atoms with van der Waals surface area (Å²) in [7, 11) is 1.62. The molecule has 6 nitrogen and oxygen atoms in total. The Labute approximate surface area is 119 Å². The van der Waals surface area contributed by atoms with Crippen LogP contribution in [0, 0.1) is 11.3 Å². The lowest BCUT2D eigenvalue weighted by molar-refractivity contribution is 0.413. The van der Waals surface area contributed by atoms with E-state index in [1.807, 2.05) is 31.2 Å². The van der Waals surface area contributed by atoms with Crippen molar-refractivity contribution in [2.24, 2.45) is 5.11 Å². The molecule has 1 unspecified atom stereocenters. The molecule has 1 aromatic carbocycles. The van der Waals surface area contributed by atoms with Crippen LogP contribution in [0.25, 0.3) is 10.4 Å². The molecule has 0 heterocycles. The van der Waals surface area contributed by atoms with Crippen molar-refractivity contribution in [3.63, 3.8) is 0 Å². The van der Waals surface area contributed by atoms with E-state index in [1.165, 1.54) is 0 Å². The first-order chi connectivity index (χ1) is 9.63. The molecule has 0 saturated carbocycles. The van der Waals surface area contributed by atoms with Crippen LogP contribution in [-0.2, 0) is 6.42 Å². The van der Waals surface area contributed by atoms with E-state index < -0.39 is 5.54 Å². The maximum absolute atomic E-state index is 9.33. The van der Waals surface area contributed by atoms with Gasteiger partial charge in [-0.05, 0) is 43.1 Å². The highest BCUT2D eigenvalue weighted by Gasteiger charge is 2.23. The molecule has 0 bridgehead atoms. The molecule has 0 radical (unpaired) electrons. The number of methoxy groups -OCH3 is 1. The molecular weight excluding hydrogens is 254 g/mol. The van der Waals surface area contributed by atoms with E-state index in [0.29, 0.717) is 25.9 Å². The normalized spacial score (nSPS) is 12.8. The molecule has 0 amide bonds. The molecule has 1 atom stereocenters. The Morgan fingerprint density at radius 1 is 1.45 bits per heavy atom. The van der Waals surface area contributed by atoms with Gasteiger partial charge in [-0.3, -0.25) is 5.32 Å². The fourth-order valence-electron chi connectivity index (χ4n) is 1.85. The summed E-state index contributed by atoms with van der Waals surface area (Å²) in [5.41, 5.74) is 8.62. The van der Waals surface area contributed by atoms with E-state index in [4.69, 9.17) is 10.3 Å². The molecule has 0 aliphatic carbocycles. The van der Waals surface area contributed by atoms with Gasteiger partial charge in [-0.1, -0.05) is 17.2 Å². The van der Waals surface area contributed by atoms with E-state index in [2.05, 4.69) is 21.4 Å². The number of nitrogens with one attached hydrogen (secondary N) is 1. The number of hydrogen-bond donors (Lipinski definition) is 1. The summed E-state index contributed by atoms with van der Waals surface area (Å²) < 4.78 is 5.11. The van der Waals surface area contributed by atoms with Crippen molar-refractivity contribution in [2.75, 3.05) is 20.2 Å². The molecule has 1 rings (SSSR count). The van der Waals surface area contributed by atoms with Gasteiger partial charge < -0.3 is 4.74 Å². The number of hydrogen-bond acceptors (Lipinski definition) is 4. The zero-order valence-electron chi connectivity index (χ0n) is 11.8. The number of benzene rings is 1. The van der Waals surface area contributed by atoms with Crippen LogP contribution in [0.2, 0.25) is 0 Å². The summed E-state index contributed by atoms with van der Waals surface area (Å²) in [6.07, 6.45) is 1.32. The maximum Gasteiger partial charge on any atom is 0.118 e. The minimum atomic E-state index is -0.634. The number of nitriles is 1. The van der Waals surface area contributed by atoms with E-state index in [9.17, 15) is 5.26 Å². The van der Waals surface area contributed by atoms with Crippen LogP contribution >= 0.6 is 0 Å². The molecule has 0 saturated heterocycles. The van der Waals surface area contributed by atoms with E-state index in [1.54, 1.807) is 7.11 Å². The first-order valence-corrected chi connectivity index (χ1v) is 6.43. The van der Waals surface area contributed by atoms with Gasteiger partial charge in [0.25, 0.3) is 0 Å². The van der Waals surface area contributed by atoms with Crippen LogP contribution in [0.15, 0.2) is 29.4 Å². The van der Waals surface area contributed by atoms with Crippen molar-refractivity contribution in [3.05, 3.63) is 40.3 Å². The number of nitrogens with zero attached hydrogens (tertiary/aromatic N) is 4. The third-order valence-electron chi connectivity index (χ3n) is 2.98. The van der Waals surface area contributed by atoms with E-state index in [0.717, 1.165) is 11.3 Å². The third-order valence-corrected chi connectivity index (χ3v) is 2.98. The van der Waals surface area contributed by atoms with E-state index in [-0.39, 0.29) is 0 Å². The molecule has 0 aliphatic rings. The molecule has 106 valence electrons. The molecule has 1 aromatic rings. The van der Waals surface area contributed by atoms with Crippen molar-refractivity contribution in [2.45, 2.75) is 25.3 Å². The Morgan fingerprint density at radius 3 is 2.70 bits per heavy atom. The van der Waals surface area contributed by atoms with Gasteiger partial charge in [-0.25, -0.2) is 0 Å². The van der Waals surface area contributed by atoms with Crippen LogP contribution in [-0.4, -0.2) is 25.7 Å². The fraction of sp³-hybridized carbons (Fsp3) is 0.500. The second kappa shape index (κ2) is 8.05. The quantitative estimate of drug-likeness (QED) is 0.341. The zero-order valence-corrected chi connectivity index (χ0v) is 11.8. The van der Waals surface area contributed by atoms with Crippen molar-refractivity contribution in [3.8, 4) is 11.8 Å². The second-order valence-corrected chi connectivity index (χ2v) is 4.70. The monoisotopic (exact) mass is 273 g/mol. The Morgan fingerprint density at radius 2 is 2.15 bits per heavy atom. The van der Waals surface area contributed by atoms with E-state index >= 15 is 0 Å². The smallest absolute Gasteiger partial charge is 0.118 e. The Bertz CT molecular complexity index is 501. The summed E-state index contributed by atoms with van der Waals surface area (Å²) in [4.78, 5) is 2.69. The first-order valence-electron chi connectivity index (χ1n) is 6.43. The van der Waals surface area contributed by atoms with Gasteiger partial charge in [0.15, 0.2) is 0 Å². The van der Waals surface area contributed by atoms with Crippen LogP contribution in [0.3, 0.4) is 0 Å². The van der Waals surface area contributed by atoms with Gasteiger partial charge in [0.2, 0.25) is 0 Å². The Balaban J connectivity index is 2.55. The average Bonchev–Trinajstić information content (AvgIpc) is 2.48. The zero-order chi connectivity index (χ0) is 14.8. The molecule has 20 heavy (non-hydrogen) atoms. The molecule has 1 N–H and O–H groups in total. The van der Waals surface area contributed by atoms with Gasteiger partial charge >= 0.3 is 0 Å². The highest BCUT2D eigenvalue weighted by Crippen LogP contribution is 2.16. The van der Waals surface area contributed by atoms with Crippen molar-refractivity contribution in [1.29, 1.82) is 5.26 Å². The van der Waals surface area contributed by atoms with Crippen molar-refractivity contribution in [1.82, 2.24) is 5.32 Å². The van der Waals surface area contributed by atoms with Gasteiger partial charge in [-0.15, -0.1) is 0 Å². The maximum atomic E-state index is 9.33. The highest BCUT2D eigenvalue weighted by atomic mass is 16.5. The standard InChI is InChI=1S/C14H19N5O/c1-14(11-15,17-8-3-9-18-19-16)10-12-4-6-13(20-2)7-5-12/h4-7,17H,3,8-10H2,1-2H3. The second-order valence-electron chi connectivity index (χ2n) is 4.70. The average molecular weight is 273 g/mol. The minimum Gasteiger partial charge on any atom is -0.497 e. The summed E-state index contributed by atoms with van der Waals surface area (Å²) in [6, 6.07) is 9.98. The fourth-order valence-corrected chi connectivity index (χ4v) is 1.85. The van der Waals surface area contributed by atoms with Crippen LogP contribution in [0.5, 0.6) is 5.75 Å². The molecule has 0 fully saturated rings. The number of rotatable bonds is 8. The van der Waals surface area contributed by atoms with Crippen LogP contribution in [0.4, 0.5) is 0 Å². The summed E-state index contributed by atoms with van der Waals surface area (Å²) in [5.74, 6) is 0.801. The molecule has 0 spiro atoms. The minimum absolute atomic E-state index is 0.438. The Kier molecular flexibility index (Phi) is 6.38. The summed E-state index contributed by atoms with van der Waals surface area (Å²) in [5, 5.41) is 16.0. The largest absolute Gasteiger partial charge is 0.497 e. The van der Waals surface area contributed by atoms with Gasteiger partial charge in [0.1, 0.15) is 11.3 Å².